The maximum Gasteiger partial charge on any atom is 0.346 e. The predicted molar refractivity (Wildman–Crippen MR) is 73.7 cm³/mol. The molecular weight excluding hydrogens is 274 g/mol. The Morgan fingerprint density at radius 1 is 1.62 bits per heavy atom. The largest absolute Gasteiger partial charge is 0.477 e. The van der Waals surface area contributed by atoms with Gasteiger partial charge >= 0.3 is 5.97 Å². The molecule has 2 aromatic heterocycles. The maximum absolute atomic E-state index is 11.0. The quantitative estimate of drug-likeness (QED) is 0.627. The molecule has 0 aliphatic rings. The molecule has 0 bridgehead atoms. The lowest BCUT2D eigenvalue weighted by molar-refractivity contribution is -0.132. The molecule has 2 N–H and O–H groups in total. The van der Waals surface area contributed by atoms with Crippen molar-refractivity contribution in [2.24, 2.45) is 0 Å². The minimum absolute atomic E-state index is 0.0265. The lowest BCUT2D eigenvalue weighted by Crippen LogP contribution is -2.04. The predicted octanol–water partition coefficient (Wildman–Crippen LogP) is 1.01. The minimum Gasteiger partial charge on any atom is -0.477 e. The van der Waals surface area contributed by atoms with E-state index >= 15 is 0 Å². The number of rotatable bonds is 5. The van der Waals surface area contributed by atoms with E-state index in [2.05, 4.69) is 4.98 Å². The van der Waals surface area contributed by atoms with Gasteiger partial charge in [-0.05, 0) is 24.6 Å². The number of carboxylic acid groups (broad SMARTS) is 1. The van der Waals surface area contributed by atoms with Crippen molar-refractivity contribution < 1.29 is 19.7 Å². The molecule has 0 aliphatic carbocycles. The first kappa shape index (κ1) is 14.6. The Bertz CT molecular complexity index is 755. The highest BCUT2D eigenvalue weighted by molar-refractivity contribution is 5.96. The van der Waals surface area contributed by atoms with Crippen molar-refractivity contribution in [2.75, 3.05) is 13.2 Å². The van der Waals surface area contributed by atoms with E-state index in [-0.39, 0.29) is 19.1 Å². The van der Waals surface area contributed by atoms with Crippen LogP contribution in [0.4, 0.5) is 0 Å². The van der Waals surface area contributed by atoms with Crippen LogP contribution in [-0.2, 0) is 4.79 Å². The van der Waals surface area contributed by atoms with Crippen molar-refractivity contribution in [3.05, 3.63) is 35.2 Å². The van der Waals surface area contributed by atoms with Crippen molar-refractivity contribution in [3.8, 4) is 11.9 Å². The number of nitriles is 1. The molecule has 0 aliphatic heterocycles. The Balaban J connectivity index is 2.66. The summed E-state index contributed by atoms with van der Waals surface area (Å²) in [4.78, 5) is 15.3. The summed E-state index contributed by atoms with van der Waals surface area (Å²) < 4.78 is 6.96. The monoisotopic (exact) mass is 287 g/mol. The maximum atomic E-state index is 11.0. The van der Waals surface area contributed by atoms with Crippen LogP contribution >= 0.6 is 0 Å². The van der Waals surface area contributed by atoms with E-state index in [9.17, 15) is 4.79 Å². The number of carboxylic acids is 1. The van der Waals surface area contributed by atoms with E-state index in [0.29, 0.717) is 11.3 Å². The summed E-state index contributed by atoms with van der Waals surface area (Å²) in [7, 11) is 0. The zero-order valence-electron chi connectivity index (χ0n) is 11.3. The molecule has 0 fully saturated rings. The zero-order chi connectivity index (χ0) is 15.4. The summed E-state index contributed by atoms with van der Waals surface area (Å²) in [6.07, 6.45) is 2.90. The molecule has 0 radical (unpaired) electrons. The number of aromatic nitrogens is 2. The SMILES string of the molecule is Cc1cccn2c(/C=C(\C#N)C(=O)O)c(OCCO)nc12. The fourth-order valence-electron chi connectivity index (χ4n) is 1.86. The summed E-state index contributed by atoms with van der Waals surface area (Å²) in [5, 5.41) is 26.7. The molecule has 2 aromatic rings. The van der Waals surface area contributed by atoms with E-state index in [0.717, 1.165) is 5.56 Å². The number of hydrogen-bond acceptors (Lipinski definition) is 5. The topological polar surface area (TPSA) is 108 Å². The van der Waals surface area contributed by atoms with Crippen molar-refractivity contribution in [2.45, 2.75) is 6.92 Å². The second-order valence-electron chi connectivity index (χ2n) is 4.23. The molecule has 0 saturated heterocycles. The third kappa shape index (κ3) is 2.85. The van der Waals surface area contributed by atoms with Crippen LogP contribution in [0.3, 0.4) is 0 Å². The van der Waals surface area contributed by atoms with E-state index in [1.807, 2.05) is 13.0 Å². The summed E-state index contributed by atoms with van der Waals surface area (Å²) in [6, 6.07) is 5.25. The minimum atomic E-state index is -1.33. The van der Waals surface area contributed by atoms with Crippen molar-refractivity contribution in [3.63, 3.8) is 0 Å². The summed E-state index contributed by atoms with van der Waals surface area (Å²) in [5.41, 5.74) is 1.40. The third-order valence-corrected chi connectivity index (χ3v) is 2.81. The van der Waals surface area contributed by atoms with Gasteiger partial charge in [-0.15, -0.1) is 0 Å². The molecule has 21 heavy (non-hydrogen) atoms. The number of fused-ring (bicyclic) bond motifs is 1. The van der Waals surface area contributed by atoms with Gasteiger partial charge in [-0.3, -0.25) is 4.40 Å². The Labute approximate surface area is 120 Å². The highest BCUT2D eigenvalue weighted by Crippen LogP contribution is 2.24. The number of carbonyl (C=O) groups is 1. The van der Waals surface area contributed by atoms with Crippen LogP contribution in [0.5, 0.6) is 5.88 Å². The van der Waals surface area contributed by atoms with Crippen molar-refractivity contribution in [1.29, 1.82) is 5.26 Å². The molecule has 2 heterocycles. The number of aryl methyl sites for hydroxylation is 1. The molecule has 7 nitrogen and oxygen atoms in total. The molecule has 108 valence electrons. The van der Waals surface area contributed by atoms with E-state index in [1.54, 1.807) is 22.7 Å². The van der Waals surface area contributed by atoms with Gasteiger partial charge < -0.3 is 14.9 Å². The first-order valence-corrected chi connectivity index (χ1v) is 6.15. The van der Waals surface area contributed by atoms with Crippen LogP contribution in [0.1, 0.15) is 11.3 Å². The Morgan fingerprint density at radius 2 is 2.38 bits per heavy atom. The first-order chi connectivity index (χ1) is 10.1. The number of imidazole rings is 1. The van der Waals surface area contributed by atoms with E-state index in [4.69, 9.17) is 20.2 Å². The van der Waals surface area contributed by atoms with Gasteiger partial charge in [-0.1, -0.05) is 6.07 Å². The smallest absolute Gasteiger partial charge is 0.346 e. The van der Waals surface area contributed by atoms with Gasteiger partial charge in [-0.2, -0.15) is 10.2 Å². The van der Waals surface area contributed by atoms with Crippen LogP contribution in [0, 0.1) is 18.3 Å². The Kier molecular flexibility index (Phi) is 4.21. The number of aliphatic carboxylic acids is 1. The highest BCUT2D eigenvalue weighted by atomic mass is 16.5. The standard InChI is InChI=1S/C14H13N3O4/c1-9-3-2-4-17-11(7-10(8-15)14(19)20)13(16-12(9)17)21-6-5-18/h2-4,7,18H,5-6H2,1H3,(H,19,20)/b10-7+. The zero-order valence-corrected chi connectivity index (χ0v) is 11.3. The Hall–Kier alpha value is -2.85. The average molecular weight is 287 g/mol. The molecule has 2 rings (SSSR count). The molecule has 7 heteroatoms. The van der Waals surface area contributed by atoms with E-state index in [1.165, 1.54) is 6.08 Å². The number of ether oxygens (including phenoxy) is 1. The van der Waals surface area contributed by atoms with Crippen LogP contribution < -0.4 is 4.74 Å². The highest BCUT2D eigenvalue weighted by Gasteiger charge is 2.16. The molecule has 0 atom stereocenters. The van der Waals surface area contributed by atoms with Gasteiger partial charge in [0.1, 0.15) is 29.6 Å². The van der Waals surface area contributed by atoms with Gasteiger partial charge in [0, 0.05) is 6.20 Å². The van der Waals surface area contributed by atoms with Crippen LogP contribution in [-0.4, -0.2) is 38.8 Å². The second kappa shape index (κ2) is 6.07. The fourth-order valence-corrected chi connectivity index (χ4v) is 1.86. The molecular formula is C14H13N3O4. The molecule has 0 saturated carbocycles. The number of aliphatic hydroxyl groups excluding tert-OH is 1. The van der Waals surface area contributed by atoms with Gasteiger partial charge in [0.2, 0.25) is 5.88 Å². The molecule has 0 amide bonds. The van der Waals surface area contributed by atoms with Crippen molar-refractivity contribution in [1.82, 2.24) is 9.38 Å². The lowest BCUT2D eigenvalue weighted by Gasteiger charge is -2.02. The first-order valence-electron chi connectivity index (χ1n) is 6.15. The van der Waals surface area contributed by atoms with Crippen LogP contribution in [0.2, 0.25) is 0 Å². The Morgan fingerprint density at radius 3 is 3.00 bits per heavy atom. The number of pyridine rings is 1. The number of aliphatic hydroxyl groups is 1. The van der Waals surface area contributed by atoms with Crippen LogP contribution in [0.25, 0.3) is 11.7 Å². The lowest BCUT2D eigenvalue weighted by atomic mass is 10.2. The molecule has 0 spiro atoms. The van der Waals surface area contributed by atoms with Gasteiger partial charge in [0.15, 0.2) is 0 Å². The van der Waals surface area contributed by atoms with Crippen molar-refractivity contribution >= 4 is 17.7 Å². The molecule has 0 unspecified atom stereocenters. The molecule has 0 aromatic carbocycles. The fraction of sp³-hybridized carbons (Fsp3) is 0.214. The van der Waals surface area contributed by atoms with Crippen LogP contribution in [0.15, 0.2) is 23.9 Å². The third-order valence-electron chi connectivity index (χ3n) is 2.81. The van der Waals surface area contributed by atoms with Gasteiger partial charge in [0.05, 0.1) is 6.61 Å². The summed E-state index contributed by atoms with van der Waals surface area (Å²) >= 11 is 0. The number of hydrogen-bond donors (Lipinski definition) is 2. The van der Waals surface area contributed by atoms with E-state index < -0.39 is 11.5 Å². The average Bonchev–Trinajstić information content (AvgIpc) is 2.81. The summed E-state index contributed by atoms with van der Waals surface area (Å²) in [6.45, 7) is 1.69. The normalized spacial score (nSPS) is 11.4. The summed E-state index contributed by atoms with van der Waals surface area (Å²) in [5.74, 6) is -1.15. The number of nitrogens with zero attached hydrogens (tertiary/aromatic N) is 3. The van der Waals surface area contributed by atoms with Gasteiger partial charge in [-0.25, -0.2) is 4.79 Å². The second-order valence-corrected chi connectivity index (χ2v) is 4.23. The van der Waals surface area contributed by atoms with Gasteiger partial charge in [0.25, 0.3) is 0 Å².